The van der Waals surface area contributed by atoms with Crippen LogP contribution in [0.4, 0.5) is 0 Å². The molecule has 0 saturated carbocycles. The molecule has 1 heterocycles. The molecule has 1 aromatic carbocycles. The third kappa shape index (κ3) is 4.69. The van der Waals surface area contributed by atoms with Crippen LogP contribution in [0.15, 0.2) is 23.6 Å². The van der Waals surface area contributed by atoms with Gasteiger partial charge in [-0.1, -0.05) is 23.2 Å². The number of benzene rings is 1. The summed E-state index contributed by atoms with van der Waals surface area (Å²) in [6.45, 7) is 0.105. The predicted molar refractivity (Wildman–Crippen MR) is 86.5 cm³/mol. The Kier molecular flexibility index (Phi) is 5.76. The number of aromatic nitrogens is 1. The van der Waals surface area contributed by atoms with E-state index in [-0.39, 0.29) is 25.3 Å². The first-order valence-corrected chi connectivity index (χ1v) is 7.97. The maximum absolute atomic E-state index is 11.7. The molecule has 0 saturated heterocycles. The lowest BCUT2D eigenvalue weighted by atomic mass is 10.2. The molecule has 0 fully saturated rings. The molecule has 2 N–H and O–H groups in total. The number of nitrogens with zero attached hydrogens (tertiary/aromatic N) is 1. The summed E-state index contributed by atoms with van der Waals surface area (Å²) < 4.78 is 0. The molecular weight excluding hydrogens is 347 g/mol. The lowest BCUT2D eigenvalue weighted by Crippen LogP contribution is -2.27. The van der Waals surface area contributed by atoms with Crippen molar-refractivity contribution in [2.75, 3.05) is 6.54 Å². The number of nitrogens with one attached hydrogen (secondary N) is 1. The quantitative estimate of drug-likeness (QED) is 0.830. The Labute approximate surface area is 140 Å². The Hall–Kier alpha value is -1.63. The Morgan fingerprint density at radius 2 is 2.09 bits per heavy atom. The van der Waals surface area contributed by atoms with Gasteiger partial charge in [-0.15, -0.1) is 11.3 Å². The van der Waals surface area contributed by atoms with Gasteiger partial charge < -0.3 is 10.4 Å². The van der Waals surface area contributed by atoms with E-state index in [9.17, 15) is 9.59 Å². The Morgan fingerprint density at radius 1 is 1.32 bits per heavy atom. The highest BCUT2D eigenvalue weighted by Gasteiger charge is 2.11. The summed E-state index contributed by atoms with van der Waals surface area (Å²) in [5.74, 6) is -1.21. The second kappa shape index (κ2) is 7.58. The first-order chi connectivity index (χ1) is 10.5. The number of carboxylic acid groups (broad SMARTS) is 1. The molecule has 2 rings (SSSR count). The van der Waals surface area contributed by atoms with Crippen molar-refractivity contribution in [3.63, 3.8) is 0 Å². The third-order valence-electron chi connectivity index (χ3n) is 2.72. The van der Waals surface area contributed by atoms with Crippen LogP contribution in [0.3, 0.4) is 0 Å². The Balaban J connectivity index is 1.99. The first-order valence-electron chi connectivity index (χ1n) is 6.34. The Morgan fingerprint density at radius 3 is 2.77 bits per heavy atom. The van der Waals surface area contributed by atoms with Crippen molar-refractivity contribution in [3.8, 4) is 10.6 Å². The van der Waals surface area contributed by atoms with Crippen molar-refractivity contribution in [2.45, 2.75) is 12.8 Å². The fraction of sp³-hybridized carbons (Fsp3) is 0.214. The van der Waals surface area contributed by atoms with E-state index in [2.05, 4.69) is 10.3 Å². The van der Waals surface area contributed by atoms with Crippen molar-refractivity contribution in [3.05, 3.63) is 39.3 Å². The zero-order valence-corrected chi connectivity index (χ0v) is 13.6. The van der Waals surface area contributed by atoms with Crippen molar-refractivity contribution in [1.29, 1.82) is 0 Å². The van der Waals surface area contributed by atoms with Crippen LogP contribution in [-0.2, 0) is 16.0 Å². The number of rotatable bonds is 6. The lowest BCUT2D eigenvalue weighted by Gasteiger charge is -2.02. The summed E-state index contributed by atoms with van der Waals surface area (Å²) in [6, 6.07) is 5.14. The SMILES string of the molecule is O=C(O)CCNC(=O)Cc1csc(-c2ccc(Cl)cc2Cl)n1. The highest BCUT2D eigenvalue weighted by molar-refractivity contribution is 7.13. The van der Waals surface area contributed by atoms with Gasteiger partial charge in [0.25, 0.3) is 0 Å². The minimum absolute atomic E-state index is 0.0985. The molecule has 0 spiro atoms. The number of thiazole rings is 1. The fourth-order valence-electron chi connectivity index (χ4n) is 1.71. The highest BCUT2D eigenvalue weighted by atomic mass is 35.5. The summed E-state index contributed by atoms with van der Waals surface area (Å²) in [6.07, 6.45) is -0.00420. The summed E-state index contributed by atoms with van der Waals surface area (Å²) in [7, 11) is 0. The predicted octanol–water partition coefficient (Wildman–Crippen LogP) is 3.25. The van der Waals surface area contributed by atoms with E-state index in [1.165, 1.54) is 11.3 Å². The van der Waals surface area contributed by atoms with Crippen LogP contribution in [0, 0.1) is 0 Å². The van der Waals surface area contributed by atoms with Crippen molar-refractivity contribution < 1.29 is 14.7 Å². The second-order valence-electron chi connectivity index (χ2n) is 4.44. The van der Waals surface area contributed by atoms with Crippen LogP contribution in [0.5, 0.6) is 0 Å². The molecular formula is C14H12Cl2N2O3S. The van der Waals surface area contributed by atoms with Crippen molar-refractivity contribution in [2.24, 2.45) is 0 Å². The number of hydrogen-bond donors (Lipinski definition) is 2. The van der Waals surface area contributed by atoms with Crippen molar-refractivity contribution >= 4 is 46.4 Å². The molecule has 0 atom stereocenters. The van der Waals surface area contributed by atoms with Gasteiger partial charge in [-0.3, -0.25) is 9.59 Å². The molecule has 0 aliphatic carbocycles. The van der Waals surface area contributed by atoms with Crippen LogP contribution in [0.25, 0.3) is 10.6 Å². The molecule has 1 aromatic heterocycles. The molecule has 0 radical (unpaired) electrons. The average Bonchev–Trinajstić information content (AvgIpc) is 2.86. The molecule has 22 heavy (non-hydrogen) atoms. The maximum Gasteiger partial charge on any atom is 0.305 e. The van der Waals surface area contributed by atoms with E-state index in [1.807, 2.05) is 0 Å². The summed E-state index contributed by atoms with van der Waals surface area (Å²) in [4.78, 5) is 26.4. The van der Waals surface area contributed by atoms with Gasteiger partial charge in [0, 0.05) is 22.5 Å². The monoisotopic (exact) mass is 358 g/mol. The van der Waals surface area contributed by atoms with E-state index in [1.54, 1.807) is 23.6 Å². The van der Waals surface area contributed by atoms with Gasteiger partial charge in [0.1, 0.15) is 5.01 Å². The summed E-state index contributed by atoms with van der Waals surface area (Å²) in [5, 5.41) is 14.6. The molecule has 8 heteroatoms. The second-order valence-corrected chi connectivity index (χ2v) is 6.14. The van der Waals surface area contributed by atoms with Gasteiger partial charge in [0.05, 0.1) is 23.6 Å². The minimum Gasteiger partial charge on any atom is -0.481 e. The van der Waals surface area contributed by atoms with E-state index in [0.29, 0.717) is 20.7 Å². The molecule has 0 aliphatic rings. The number of halogens is 2. The molecule has 0 aliphatic heterocycles. The van der Waals surface area contributed by atoms with E-state index < -0.39 is 5.97 Å². The Bertz CT molecular complexity index is 703. The lowest BCUT2D eigenvalue weighted by molar-refractivity contribution is -0.136. The zero-order chi connectivity index (χ0) is 16.1. The van der Waals surface area contributed by atoms with Crippen LogP contribution in [0.1, 0.15) is 12.1 Å². The summed E-state index contributed by atoms with van der Waals surface area (Å²) >= 11 is 13.4. The van der Waals surface area contributed by atoms with E-state index in [0.717, 1.165) is 5.56 Å². The number of hydrogen-bond acceptors (Lipinski definition) is 4. The number of carbonyl (C=O) groups excluding carboxylic acids is 1. The number of aliphatic carboxylic acids is 1. The van der Waals surface area contributed by atoms with E-state index >= 15 is 0 Å². The standard InChI is InChI=1S/C14H12Cl2N2O3S/c15-8-1-2-10(11(16)5-8)14-18-9(7-22-14)6-12(19)17-4-3-13(20)21/h1-2,5,7H,3-4,6H2,(H,17,19)(H,20,21). The number of carboxylic acids is 1. The number of amides is 1. The molecule has 116 valence electrons. The van der Waals surface area contributed by atoms with Gasteiger partial charge in [0.15, 0.2) is 0 Å². The highest BCUT2D eigenvalue weighted by Crippen LogP contribution is 2.32. The van der Waals surface area contributed by atoms with Gasteiger partial charge >= 0.3 is 5.97 Å². The number of carbonyl (C=O) groups is 2. The fourth-order valence-corrected chi connectivity index (χ4v) is 3.12. The minimum atomic E-state index is -0.950. The maximum atomic E-state index is 11.7. The van der Waals surface area contributed by atoms with Crippen LogP contribution >= 0.6 is 34.5 Å². The molecule has 1 amide bonds. The average molecular weight is 359 g/mol. The smallest absolute Gasteiger partial charge is 0.305 e. The third-order valence-corrected chi connectivity index (χ3v) is 4.19. The van der Waals surface area contributed by atoms with Crippen LogP contribution in [0.2, 0.25) is 10.0 Å². The normalized spacial score (nSPS) is 10.5. The largest absolute Gasteiger partial charge is 0.481 e. The molecule has 0 unspecified atom stereocenters. The molecule has 2 aromatic rings. The summed E-state index contributed by atoms with van der Waals surface area (Å²) in [5.41, 5.74) is 1.37. The van der Waals surface area contributed by atoms with E-state index in [4.69, 9.17) is 28.3 Å². The van der Waals surface area contributed by atoms with Gasteiger partial charge in [-0.25, -0.2) is 4.98 Å². The van der Waals surface area contributed by atoms with Crippen molar-refractivity contribution in [1.82, 2.24) is 10.3 Å². The first kappa shape index (κ1) is 16.7. The van der Waals surface area contributed by atoms with Crippen LogP contribution < -0.4 is 5.32 Å². The van der Waals surface area contributed by atoms with Crippen LogP contribution in [-0.4, -0.2) is 28.5 Å². The van der Waals surface area contributed by atoms with Gasteiger partial charge in [0.2, 0.25) is 5.91 Å². The van der Waals surface area contributed by atoms with Gasteiger partial charge in [-0.2, -0.15) is 0 Å². The molecule has 0 bridgehead atoms. The topological polar surface area (TPSA) is 79.3 Å². The van der Waals surface area contributed by atoms with Gasteiger partial charge in [-0.05, 0) is 18.2 Å². The molecule has 5 nitrogen and oxygen atoms in total. The zero-order valence-electron chi connectivity index (χ0n) is 11.3.